The summed E-state index contributed by atoms with van der Waals surface area (Å²) in [5, 5.41) is 0.681. The van der Waals surface area contributed by atoms with Crippen LogP contribution in [0.5, 0.6) is 0 Å². The number of nitrogens with zero attached hydrogens (tertiary/aromatic N) is 1. The molecule has 0 heterocycles. The van der Waals surface area contributed by atoms with Gasteiger partial charge in [0.25, 0.3) is 0 Å². The fraction of sp³-hybridized carbons (Fsp3) is 0.294. The molecule has 0 bridgehead atoms. The van der Waals surface area contributed by atoms with E-state index in [4.69, 9.17) is 17.3 Å². The van der Waals surface area contributed by atoms with Gasteiger partial charge in [0, 0.05) is 18.1 Å². The van der Waals surface area contributed by atoms with Gasteiger partial charge in [-0.2, -0.15) is 0 Å². The van der Waals surface area contributed by atoms with Crippen LogP contribution >= 0.6 is 11.6 Å². The Morgan fingerprint density at radius 2 is 1.81 bits per heavy atom. The van der Waals surface area contributed by atoms with Crippen LogP contribution in [0.15, 0.2) is 42.5 Å². The molecule has 1 unspecified atom stereocenters. The Balaban J connectivity index is 2.29. The lowest BCUT2D eigenvalue weighted by atomic mass is 10.0. The first kappa shape index (κ1) is 15.8. The van der Waals surface area contributed by atoms with E-state index in [2.05, 4.69) is 0 Å². The van der Waals surface area contributed by atoms with E-state index in [-0.39, 0.29) is 17.9 Å². The Bertz CT molecular complexity index is 628. The van der Waals surface area contributed by atoms with Crippen LogP contribution in [0.1, 0.15) is 37.1 Å². The zero-order valence-electron chi connectivity index (χ0n) is 12.5. The van der Waals surface area contributed by atoms with Gasteiger partial charge >= 0.3 is 0 Å². The molecule has 0 radical (unpaired) electrons. The zero-order chi connectivity index (χ0) is 15.6. The number of anilines is 1. The van der Waals surface area contributed by atoms with Gasteiger partial charge in [-0.3, -0.25) is 0 Å². The number of hydrogen-bond acceptors (Lipinski definition) is 2. The molecule has 0 saturated carbocycles. The zero-order valence-corrected chi connectivity index (χ0v) is 13.2. The van der Waals surface area contributed by atoms with Gasteiger partial charge in [-0.25, -0.2) is 4.39 Å². The second-order valence-corrected chi connectivity index (χ2v) is 5.78. The van der Waals surface area contributed by atoms with E-state index < -0.39 is 0 Å². The van der Waals surface area contributed by atoms with Gasteiger partial charge in [-0.05, 0) is 49.2 Å². The summed E-state index contributed by atoms with van der Waals surface area (Å²) >= 11 is 6.02. The van der Waals surface area contributed by atoms with E-state index in [1.165, 1.54) is 6.07 Å². The fourth-order valence-electron chi connectivity index (χ4n) is 2.29. The molecular formula is C17H20ClFN2. The molecule has 0 aromatic heterocycles. The molecule has 0 aliphatic rings. The van der Waals surface area contributed by atoms with E-state index in [1.54, 1.807) is 6.07 Å². The van der Waals surface area contributed by atoms with Gasteiger partial charge in [-0.1, -0.05) is 29.8 Å². The maximum Gasteiger partial charge on any atom is 0.146 e. The van der Waals surface area contributed by atoms with E-state index in [9.17, 15) is 4.39 Å². The van der Waals surface area contributed by atoms with E-state index >= 15 is 0 Å². The van der Waals surface area contributed by atoms with Gasteiger partial charge in [0.2, 0.25) is 0 Å². The molecule has 112 valence electrons. The second-order valence-electron chi connectivity index (χ2n) is 5.34. The van der Waals surface area contributed by atoms with Crippen molar-refractivity contribution in [2.45, 2.75) is 25.9 Å². The first-order chi connectivity index (χ1) is 9.90. The Hall–Kier alpha value is -1.58. The Labute approximate surface area is 130 Å². The van der Waals surface area contributed by atoms with Gasteiger partial charge in [-0.15, -0.1) is 0 Å². The molecule has 0 fully saturated rings. The molecular weight excluding hydrogens is 287 g/mol. The molecule has 0 spiro atoms. The number of benzene rings is 2. The van der Waals surface area contributed by atoms with Crippen LogP contribution in [0, 0.1) is 5.82 Å². The van der Waals surface area contributed by atoms with Gasteiger partial charge < -0.3 is 10.6 Å². The van der Waals surface area contributed by atoms with Gasteiger partial charge in [0.1, 0.15) is 5.82 Å². The van der Waals surface area contributed by atoms with Crippen molar-refractivity contribution in [1.82, 2.24) is 0 Å². The van der Waals surface area contributed by atoms with Crippen molar-refractivity contribution < 1.29 is 4.39 Å². The van der Waals surface area contributed by atoms with Crippen LogP contribution in [0.25, 0.3) is 0 Å². The van der Waals surface area contributed by atoms with Crippen LogP contribution in [-0.2, 0) is 0 Å². The molecule has 2 rings (SSSR count). The molecule has 2 aromatic carbocycles. The van der Waals surface area contributed by atoms with E-state index in [0.717, 1.165) is 11.1 Å². The Morgan fingerprint density at radius 1 is 1.10 bits per heavy atom. The van der Waals surface area contributed by atoms with Crippen LogP contribution in [-0.4, -0.2) is 7.05 Å². The highest BCUT2D eigenvalue weighted by Crippen LogP contribution is 2.29. The summed E-state index contributed by atoms with van der Waals surface area (Å²) in [5.41, 5.74) is 8.16. The van der Waals surface area contributed by atoms with Crippen molar-refractivity contribution in [2.24, 2.45) is 5.73 Å². The van der Waals surface area contributed by atoms with Gasteiger partial charge in [0.15, 0.2) is 0 Å². The molecule has 2 nitrogen and oxygen atoms in total. The molecule has 21 heavy (non-hydrogen) atoms. The molecule has 0 aliphatic carbocycles. The van der Waals surface area contributed by atoms with Crippen LogP contribution in [0.2, 0.25) is 5.02 Å². The number of rotatable bonds is 4. The largest absolute Gasteiger partial charge is 0.365 e. The SMILES string of the molecule is CC(c1cccc(Cl)c1)N(C)c1ccc([C@H](C)N)cc1F. The average molecular weight is 307 g/mol. The molecule has 0 amide bonds. The van der Waals surface area contributed by atoms with E-state index in [0.29, 0.717) is 10.7 Å². The highest BCUT2D eigenvalue weighted by molar-refractivity contribution is 6.30. The normalized spacial score (nSPS) is 13.8. The van der Waals surface area contributed by atoms with Crippen LogP contribution < -0.4 is 10.6 Å². The summed E-state index contributed by atoms with van der Waals surface area (Å²) in [4.78, 5) is 1.89. The third-order valence-corrected chi connectivity index (χ3v) is 4.02. The molecule has 0 saturated heterocycles. The van der Waals surface area contributed by atoms with Crippen LogP contribution in [0.3, 0.4) is 0 Å². The molecule has 2 aromatic rings. The number of hydrogen-bond donors (Lipinski definition) is 1. The van der Waals surface area contributed by atoms with Crippen LogP contribution in [0.4, 0.5) is 10.1 Å². The minimum atomic E-state index is -0.263. The van der Waals surface area contributed by atoms with Crippen molar-refractivity contribution in [2.75, 3.05) is 11.9 Å². The van der Waals surface area contributed by atoms with Crippen molar-refractivity contribution in [1.29, 1.82) is 0 Å². The molecule has 0 aliphatic heterocycles. The highest BCUT2D eigenvalue weighted by Gasteiger charge is 2.16. The highest BCUT2D eigenvalue weighted by atomic mass is 35.5. The summed E-state index contributed by atoms with van der Waals surface area (Å²) < 4.78 is 14.3. The maximum atomic E-state index is 14.3. The lowest BCUT2D eigenvalue weighted by Gasteiger charge is -2.28. The molecule has 2 atom stereocenters. The summed E-state index contributed by atoms with van der Waals surface area (Å²) in [7, 11) is 1.87. The first-order valence-electron chi connectivity index (χ1n) is 6.93. The quantitative estimate of drug-likeness (QED) is 0.887. The van der Waals surface area contributed by atoms with E-state index in [1.807, 2.05) is 56.1 Å². The third-order valence-electron chi connectivity index (χ3n) is 3.79. The summed E-state index contributed by atoms with van der Waals surface area (Å²) in [6.07, 6.45) is 0. The minimum Gasteiger partial charge on any atom is -0.365 e. The third kappa shape index (κ3) is 3.55. The summed E-state index contributed by atoms with van der Waals surface area (Å²) in [6, 6.07) is 12.6. The summed E-state index contributed by atoms with van der Waals surface area (Å²) in [5.74, 6) is -0.263. The van der Waals surface area contributed by atoms with Gasteiger partial charge in [0.05, 0.1) is 11.7 Å². The standard InChI is InChI=1S/C17H20ClFN2/c1-11(20)13-7-8-17(16(19)10-13)21(3)12(2)14-5-4-6-15(18)9-14/h4-12H,20H2,1-3H3/t11-,12?/m0/s1. The predicted octanol–water partition coefficient (Wildman–Crippen LogP) is 4.70. The summed E-state index contributed by atoms with van der Waals surface area (Å²) in [6.45, 7) is 3.86. The predicted molar refractivity (Wildman–Crippen MR) is 87.3 cm³/mol. The second kappa shape index (κ2) is 6.46. The maximum absolute atomic E-state index is 14.3. The molecule has 4 heteroatoms. The van der Waals surface area contributed by atoms with Crippen molar-refractivity contribution in [3.8, 4) is 0 Å². The topological polar surface area (TPSA) is 29.3 Å². The average Bonchev–Trinajstić information content (AvgIpc) is 2.45. The van der Waals surface area contributed by atoms with Crippen molar-refractivity contribution in [3.05, 3.63) is 64.4 Å². The Kier molecular flexibility index (Phi) is 4.86. The molecule has 2 N–H and O–H groups in total. The fourth-order valence-corrected chi connectivity index (χ4v) is 2.49. The smallest absolute Gasteiger partial charge is 0.146 e. The monoisotopic (exact) mass is 306 g/mol. The lowest BCUT2D eigenvalue weighted by Crippen LogP contribution is -2.23. The number of halogens is 2. The Morgan fingerprint density at radius 3 is 2.38 bits per heavy atom. The lowest BCUT2D eigenvalue weighted by molar-refractivity contribution is 0.607. The minimum absolute atomic E-state index is 0.0133. The van der Waals surface area contributed by atoms with Crippen molar-refractivity contribution in [3.63, 3.8) is 0 Å². The first-order valence-corrected chi connectivity index (χ1v) is 7.31. The number of nitrogens with two attached hydrogens (primary N) is 1. The van der Waals surface area contributed by atoms with Crippen molar-refractivity contribution >= 4 is 17.3 Å².